The zero-order valence-electron chi connectivity index (χ0n) is 8.48. The molecule has 1 aromatic rings. The molecule has 1 rings (SSSR count). The standard InChI is InChI=1S/C10H13ClN2O3/c11-8-3-1-2-4-9(8)13-10(16)12-7(5-14)6-15/h1-4,7,14-15H,5-6H2,(H2,12,13,16). The Morgan fingerprint density at radius 3 is 2.50 bits per heavy atom. The van der Waals surface area contributed by atoms with Gasteiger partial charge < -0.3 is 20.8 Å². The van der Waals surface area contributed by atoms with Crippen LogP contribution in [0.2, 0.25) is 5.02 Å². The Morgan fingerprint density at radius 1 is 1.31 bits per heavy atom. The van der Waals surface area contributed by atoms with E-state index in [1.165, 1.54) is 0 Å². The van der Waals surface area contributed by atoms with E-state index in [0.717, 1.165) is 0 Å². The van der Waals surface area contributed by atoms with Crippen molar-refractivity contribution in [1.82, 2.24) is 5.32 Å². The lowest BCUT2D eigenvalue weighted by molar-refractivity contribution is 0.172. The number of nitrogens with one attached hydrogen (secondary N) is 2. The van der Waals surface area contributed by atoms with E-state index >= 15 is 0 Å². The molecule has 5 nitrogen and oxygen atoms in total. The summed E-state index contributed by atoms with van der Waals surface area (Å²) in [6.45, 7) is -0.654. The van der Waals surface area contributed by atoms with Gasteiger partial charge in [0.25, 0.3) is 0 Å². The van der Waals surface area contributed by atoms with Gasteiger partial charge in [-0.1, -0.05) is 23.7 Å². The summed E-state index contributed by atoms with van der Waals surface area (Å²) in [5, 5.41) is 22.8. The van der Waals surface area contributed by atoms with E-state index in [2.05, 4.69) is 10.6 Å². The minimum absolute atomic E-state index is 0.327. The van der Waals surface area contributed by atoms with Gasteiger partial charge in [-0.2, -0.15) is 0 Å². The van der Waals surface area contributed by atoms with E-state index in [1.54, 1.807) is 24.3 Å². The average Bonchev–Trinajstić information content (AvgIpc) is 2.29. The molecule has 0 saturated carbocycles. The number of aliphatic hydroxyl groups is 2. The zero-order valence-corrected chi connectivity index (χ0v) is 9.24. The molecular weight excluding hydrogens is 232 g/mol. The highest BCUT2D eigenvalue weighted by Crippen LogP contribution is 2.19. The fraction of sp³-hybridized carbons (Fsp3) is 0.300. The SMILES string of the molecule is O=C(Nc1ccccc1Cl)NC(CO)CO. The molecule has 0 aliphatic carbocycles. The molecule has 4 N–H and O–H groups in total. The number of anilines is 1. The van der Waals surface area contributed by atoms with Gasteiger partial charge in [-0.15, -0.1) is 0 Å². The van der Waals surface area contributed by atoms with Crippen molar-refractivity contribution in [2.24, 2.45) is 0 Å². The summed E-state index contributed by atoms with van der Waals surface area (Å²) in [5.41, 5.74) is 0.469. The van der Waals surface area contributed by atoms with E-state index in [-0.39, 0.29) is 13.2 Å². The molecule has 0 aliphatic heterocycles. The smallest absolute Gasteiger partial charge is 0.319 e. The number of carbonyl (C=O) groups excluding carboxylic acids is 1. The number of amides is 2. The minimum atomic E-state index is -0.678. The lowest BCUT2D eigenvalue weighted by Crippen LogP contribution is -2.42. The lowest BCUT2D eigenvalue weighted by Gasteiger charge is -2.14. The fourth-order valence-electron chi connectivity index (χ4n) is 1.06. The van der Waals surface area contributed by atoms with Crippen molar-refractivity contribution in [2.45, 2.75) is 6.04 Å². The molecule has 6 heteroatoms. The Kier molecular flexibility index (Phi) is 5.04. The highest BCUT2D eigenvalue weighted by molar-refractivity contribution is 6.33. The Hall–Kier alpha value is -1.30. The van der Waals surface area contributed by atoms with Crippen molar-refractivity contribution in [2.75, 3.05) is 18.5 Å². The number of carbonyl (C=O) groups is 1. The van der Waals surface area contributed by atoms with Crippen molar-refractivity contribution in [3.8, 4) is 0 Å². The van der Waals surface area contributed by atoms with Gasteiger partial charge in [0.15, 0.2) is 0 Å². The molecule has 1 aromatic carbocycles. The van der Waals surface area contributed by atoms with Gasteiger partial charge >= 0.3 is 6.03 Å². The summed E-state index contributed by atoms with van der Waals surface area (Å²) < 4.78 is 0. The second-order valence-corrected chi connectivity index (χ2v) is 3.55. The summed E-state index contributed by atoms with van der Waals surface area (Å²) in [6.07, 6.45) is 0. The van der Waals surface area contributed by atoms with Crippen LogP contribution in [-0.4, -0.2) is 35.5 Å². The van der Waals surface area contributed by atoms with Crippen molar-refractivity contribution in [3.63, 3.8) is 0 Å². The number of halogens is 1. The second-order valence-electron chi connectivity index (χ2n) is 3.14. The van der Waals surface area contributed by atoms with Crippen LogP contribution in [0.5, 0.6) is 0 Å². The van der Waals surface area contributed by atoms with Crippen molar-refractivity contribution >= 4 is 23.3 Å². The number of urea groups is 1. The molecular formula is C10H13ClN2O3. The van der Waals surface area contributed by atoms with Crippen LogP contribution in [0.4, 0.5) is 10.5 Å². The number of aliphatic hydroxyl groups excluding tert-OH is 2. The van der Waals surface area contributed by atoms with Crippen LogP contribution in [0.3, 0.4) is 0 Å². The van der Waals surface area contributed by atoms with Gasteiger partial charge in [-0.3, -0.25) is 0 Å². The third kappa shape index (κ3) is 3.69. The third-order valence-electron chi connectivity index (χ3n) is 1.90. The topological polar surface area (TPSA) is 81.6 Å². The number of rotatable bonds is 4. The quantitative estimate of drug-likeness (QED) is 0.633. The van der Waals surface area contributed by atoms with E-state index in [4.69, 9.17) is 21.8 Å². The third-order valence-corrected chi connectivity index (χ3v) is 2.23. The second kappa shape index (κ2) is 6.32. The first-order chi connectivity index (χ1) is 7.67. The highest BCUT2D eigenvalue weighted by atomic mass is 35.5. The predicted octanol–water partition coefficient (Wildman–Crippen LogP) is 0.815. The van der Waals surface area contributed by atoms with E-state index in [1.807, 2.05) is 0 Å². The molecule has 0 aromatic heterocycles. The lowest BCUT2D eigenvalue weighted by atomic mass is 10.3. The van der Waals surface area contributed by atoms with Gasteiger partial charge in [0.2, 0.25) is 0 Å². The first-order valence-electron chi connectivity index (χ1n) is 4.71. The molecule has 0 fully saturated rings. The molecule has 0 radical (unpaired) electrons. The maximum atomic E-state index is 11.4. The van der Waals surface area contributed by atoms with Crippen LogP contribution in [0.1, 0.15) is 0 Å². The van der Waals surface area contributed by atoms with Crippen molar-refractivity contribution < 1.29 is 15.0 Å². The summed E-state index contributed by atoms with van der Waals surface area (Å²) in [5.74, 6) is 0. The van der Waals surface area contributed by atoms with Crippen LogP contribution < -0.4 is 10.6 Å². The van der Waals surface area contributed by atoms with E-state index in [9.17, 15) is 4.79 Å². The van der Waals surface area contributed by atoms with Crippen LogP contribution >= 0.6 is 11.6 Å². The Morgan fingerprint density at radius 2 is 1.94 bits per heavy atom. The molecule has 0 heterocycles. The van der Waals surface area contributed by atoms with Crippen LogP contribution in [0.15, 0.2) is 24.3 Å². The molecule has 0 atom stereocenters. The maximum Gasteiger partial charge on any atom is 0.319 e. The van der Waals surface area contributed by atoms with E-state index < -0.39 is 12.1 Å². The molecule has 16 heavy (non-hydrogen) atoms. The molecule has 0 spiro atoms. The number of hydrogen-bond acceptors (Lipinski definition) is 3. The van der Waals surface area contributed by atoms with Crippen LogP contribution in [0, 0.1) is 0 Å². The van der Waals surface area contributed by atoms with Gasteiger partial charge in [0.1, 0.15) is 0 Å². The van der Waals surface area contributed by atoms with E-state index in [0.29, 0.717) is 10.7 Å². The number of para-hydroxylation sites is 1. The van der Waals surface area contributed by atoms with Gasteiger partial charge in [0, 0.05) is 0 Å². The van der Waals surface area contributed by atoms with Gasteiger partial charge in [-0.05, 0) is 12.1 Å². The Labute approximate surface area is 98.0 Å². The first-order valence-corrected chi connectivity index (χ1v) is 5.09. The first kappa shape index (κ1) is 12.8. The number of benzene rings is 1. The largest absolute Gasteiger partial charge is 0.394 e. The molecule has 0 aliphatic rings. The molecule has 0 unspecified atom stereocenters. The zero-order chi connectivity index (χ0) is 12.0. The maximum absolute atomic E-state index is 11.4. The molecule has 0 bridgehead atoms. The van der Waals surface area contributed by atoms with Crippen LogP contribution in [-0.2, 0) is 0 Å². The molecule has 88 valence electrons. The Balaban J connectivity index is 2.55. The minimum Gasteiger partial charge on any atom is -0.394 e. The number of hydrogen-bond donors (Lipinski definition) is 4. The van der Waals surface area contributed by atoms with Crippen LogP contribution in [0.25, 0.3) is 0 Å². The summed E-state index contributed by atoms with van der Waals surface area (Å²) in [7, 11) is 0. The predicted molar refractivity (Wildman–Crippen MR) is 61.6 cm³/mol. The van der Waals surface area contributed by atoms with Crippen molar-refractivity contribution in [3.05, 3.63) is 29.3 Å². The summed E-state index contributed by atoms with van der Waals surface area (Å²) in [6, 6.07) is 5.57. The molecule has 2 amide bonds. The van der Waals surface area contributed by atoms with Gasteiger partial charge in [-0.25, -0.2) is 4.79 Å². The van der Waals surface area contributed by atoms with Gasteiger partial charge in [0.05, 0.1) is 30.0 Å². The monoisotopic (exact) mass is 244 g/mol. The summed E-state index contributed by atoms with van der Waals surface area (Å²) >= 11 is 5.83. The highest BCUT2D eigenvalue weighted by Gasteiger charge is 2.10. The normalized spacial score (nSPS) is 10.2. The fourth-order valence-corrected chi connectivity index (χ4v) is 1.24. The van der Waals surface area contributed by atoms with Crippen molar-refractivity contribution in [1.29, 1.82) is 0 Å². The summed E-state index contributed by atoms with van der Waals surface area (Å²) in [4.78, 5) is 11.4. The molecule has 0 saturated heterocycles. The Bertz CT molecular complexity index is 356. The average molecular weight is 245 g/mol.